The zero-order valence-corrected chi connectivity index (χ0v) is 39.7. The maximum absolute atomic E-state index is 2.67. The normalized spacial score (nSPS) is 21.7. The van der Waals surface area contributed by atoms with Crippen molar-refractivity contribution in [2.75, 3.05) is 4.90 Å². The molecule has 1 aromatic heterocycles. The van der Waals surface area contributed by atoms with E-state index in [2.05, 4.69) is 240 Å². The lowest BCUT2D eigenvalue weighted by Gasteiger charge is -2.65. The first-order chi connectivity index (χ1) is 35.2. The molecule has 0 radical (unpaired) electrons. The van der Waals surface area contributed by atoms with Crippen LogP contribution in [0.4, 0.5) is 17.1 Å². The molecule has 1 heterocycles. The Bertz CT molecular complexity index is 3830. The summed E-state index contributed by atoms with van der Waals surface area (Å²) in [6.45, 7) is 0. The highest BCUT2D eigenvalue weighted by molar-refractivity contribution is 6.09. The number of benzene rings is 10. The summed E-state index contributed by atoms with van der Waals surface area (Å²) < 4.78 is 2.40. The monoisotopic (exact) mass is 908 g/mol. The van der Waals surface area contributed by atoms with Crippen molar-refractivity contribution in [2.24, 2.45) is 23.7 Å². The van der Waals surface area contributed by atoms with Gasteiger partial charge in [0, 0.05) is 38.6 Å². The summed E-state index contributed by atoms with van der Waals surface area (Å²) in [7, 11) is 0. The van der Waals surface area contributed by atoms with Crippen molar-refractivity contribution in [3.8, 4) is 27.9 Å². The van der Waals surface area contributed by atoms with Gasteiger partial charge in [0.05, 0.1) is 22.1 Å². The van der Waals surface area contributed by atoms with E-state index >= 15 is 0 Å². The van der Waals surface area contributed by atoms with E-state index in [0.717, 1.165) is 17.5 Å². The molecule has 0 aliphatic heterocycles. The molecule has 4 bridgehead atoms. The molecule has 4 fully saturated rings. The third kappa shape index (κ3) is 5.32. The summed E-state index contributed by atoms with van der Waals surface area (Å²) in [6, 6.07) is 88.0. The Kier molecular flexibility index (Phi) is 8.31. The van der Waals surface area contributed by atoms with Crippen molar-refractivity contribution in [3.63, 3.8) is 0 Å². The number of para-hydroxylation sites is 2. The third-order valence-electron chi connectivity index (χ3n) is 18.4. The Morgan fingerprint density at radius 3 is 1.51 bits per heavy atom. The number of nitrogens with zero attached hydrogens (tertiary/aromatic N) is 2. The van der Waals surface area contributed by atoms with E-state index in [9.17, 15) is 0 Å². The van der Waals surface area contributed by atoms with Crippen LogP contribution in [0.3, 0.4) is 0 Å². The van der Waals surface area contributed by atoms with Crippen LogP contribution in [-0.2, 0) is 10.8 Å². The van der Waals surface area contributed by atoms with Gasteiger partial charge < -0.3 is 9.47 Å². The molecule has 2 spiro atoms. The molecule has 6 aliphatic rings. The minimum Gasteiger partial charge on any atom is -0.310 e. The predicted molar refractivity (Wildman–Crippen MR) is 294 cm³/mol. The van der Waals surface area contributed by atoms with Gasteiger partial charge in [-0.3, -0.25) is 0 Å². The van der Waals surface area contributed by atoms with Crippen molar-refractivity contribution in [1.82, 2.24) is 4.57 Å². The van der Waals surface area contributed by atoms with Gasteiger partial charge in [-0.1, -0.05) is 176 Å². The quantitative estimate of drug-likeness (QED) is 0.167. The van der Waals surface area contributed by atoms with Crippen LogP contribution in [0.25, 0.3) is 60.5 Å². The standard InChI is InChI=1S/C69H52N2/c1-2-16-54-48(14-1)15-13-27-65(54)70(51-32-28-46(29-33-51)47-30-34-52(35-31-47)71-66-25-11-5-19-57(66)58-20-6-12-26-67(58)71)53-36-37-63-64(43-53)69(59-21-7-3-17-55(59)56-18-4-8-22-60(56)69)62-24-10-9-23-61(62)68(63)49-39-44-38-45(41-49)42-50(68)40-44/h1-37,43-45,49-50H,38-42H2. The van der Waals surface area contributed by atoms with Crippen molar-refractivity contribution in [1.29, 1.82) is 0 Å². The maximum Gasteiger partial charge on any atom is 0.0720 e. The molecule has 0 saturated heterocycles. The van der Waals surface area contributed by atoms with E-state index in [1.54, 1.807) is 11.1 Å². The van der Waals surface area contributed by atoms with Crippen LogP contribution in [0.5, 0.6) is 0 Å². The first kappa shape index (κ1) is 39.9. The maximum atomic E-state index is 2.67. The zero-order chi connectivity index (χ0) is 46.4. The second kappa shape index (κ2) is 14.8. The highest BCUT2D eigenvalue weighted by Gasteiger charge is 2.64. The Hall–Kier alpha value is -7.94. The average molecular weight is 909 g/mol. The highest BCUT2D eigenvalue weighted by Crippen LogP contribution is 2.71. The van der Waals surface area contributed by atoms with Gasteiger partial charge in [0.25, 0.3) is 0 Å². The molecule has 338 valence electrons. The lowest BCUT2D eigenvalue weighted by atomic mass is 9.38. The Balaban J connectivity index is 0.894. The van der Waals surface area contributed by atoms with Crippen molar-refractivity contribution >= 4 is 49.6 Å². The molecular weight excluding hydrogens is 857 g/mol. The van der Waals surface area contributed by atoms with E-state index in [0.29, 0.717) is 11.8 Å². The fourth-order valence-electron chi connectivity index (χ4n) is 16.1. The Morgan fingerprint density at radius 1 is 0.366 bits per heavy atom. The number of aromatic nitrogens is 1. The summed E-state index contributed by atoms with van der Waals surface area (Å²) in [5, 5.41) is 5.04. The number of hydrogen-bond donors (Lipinski definition) is 0. The molecule has 71 heavy (non-hydrogen) atoms. The van der Waals surface area contributed by atoms with Crippen LogP contribution in [0.15, 0.2) is 231 Å². The largest absolute Gasteiger partial charge is 0.310 e. The van der Waals surface area contributed by atoms with Gasteiger partial charge in [-0.15, -0.1) is 0 Å². The summed E-state index contributed by atoms with van der Waals surface area (Å²) >= 11 is 0. The van der Waals surface area contributed by atoms with Gasteiger partial charge in [0.15, 0.2) is 0 Å². The molecule has 11 aromatic rings. The van der Waals surface area contributed by atoms with Gasteiger partial charge in [0.1, 0.15) is 0 Å². The molecule has 2 nitrogen and oxygen atoms in total. The van der Waals surface area contributed by atoms with Gasteiger partial charge in [0.2, 0.25) is 0 Å². The first-order valence-electron chi connectivity index (χ1n) is 26.1. The molecule has 2 heteroatoms. The molecule has 0 N–H and O–H groups in total. The van der Waals surface area contributed by atoms with Crippen molar-refractivity contribution in [3.05, 3.63) is 264 Å². The lowest BCUT2D eigenvalue weighted by Crippen LogP contribution is -2.59. The molecular formula is C69H52N2. The molecule has 0 amide bonds. The van der Waals surface area contributed by atoms with E-state index in [4.69, 9.17) is 0 Å². The van der Waals surface area contributed by atoms with Crippen LogP contribution in [0.2, 0.25) is 0 Å². The highest BCUT2D eigenvalue weighted by atomic mass is 15.1. The van der Waals surface area contributed by atoms with Gasteiger partial charge in [-0.2, -0.15) is 0 Å². The summed E-state index contributed by atoms with van der Waals surface area (Å²) in [5.41, 5.74) is 20.8. The van der Waals surface area contributed by atoms with Gasteiger partial charge >= 0.3 is 0 Å². The third-order valence-corrected chi connectivity index (χ3v) is 18.4. The van der Waals surface area contributed by atoms with E-state index in [-0.39, 0.29) is 5.41 Å². The molecule has 10 aromatic carbocycles. The average Bonchev–Trinajstić information content (AvgIpc) is 3.92. The van der Waals surface area contributed by atoms with E-state index < -0.39 is 5.41 Å². The van der Waals surface area contributed by atoms with E-state index in [1.807, 2.05) is 0 Å². The number of anilines is 3. The van der Waals surface area contributed by atoms with Crippen LogP contribution < -0.4 is 4.90 Å². The smallest absolute Gasteiger partial charge is 0.0720 e. The minimum absolute atomic E-state index is 0.0153. The summed E-state index contributed by atoms with van der Waals surface area (Å²) in [4.78, 5) is 2.56. The first-order valence-corrected chi connectivity index (χ1v) is 26.1. The van der Waals surface area contributed by atoms with E-state index in [1.165, 1.54) is 126 Å². The molecule has 0 unspecified atom stereocenters. The van der Waals surface area contributed by atoms with Crippen molar-refractivity contribution < 1.29 is 0 Å². The Labute approximate surface area is 415 Å². The molecule has 6 aliphatic carbocycles. The number of fused-ring (bicyclic) bond motifs is 13. The van der Waals surface area contributed by atoms with Crippen LogP contribution in [-0.4, -0.2) is 4.57 Å². The summed E-state index contributed by atoms with van der Waals surface area (Å²) in [6.07, 6.45) is 6.83. The topological polar surface area (TPSA) is 8.17 Å². The second-order valence-corrected chi connectivity index (χ2v) is 21.6. The lowest BCUT2D eigenvalue weighted by molar-refractivity contribution is -0.0440. The SMILES string of the molecule is c1ccc2c(c1)-c1ccccc1C21c2ccccc2C2(c3ccc(N(c4ccc(-c5ccc(-n6c7ccccc7c7ccccc76)cc5)cc4)c4cccc5ccccc45)cc31)C1CC3CC(C1)CC2C3. The minimum atomic E-state index is -0.464. The van der Waals surface area contributed by atoms with Crippen LogP contribution in [0, 0.1) is 23.7 Å². The number of rotatable bonds is 5. The van der Waals surface area contributed by atoms with Crippen molar-refractivity contribution in [2.45, 2.75) is 42.9 Å². The molecule has 17 rings (SSSR count). The fraction of sp³-hybridized carbons (Fsp3) is 0.159. The molecule has 0 atom stereocenters. The Morgan fingerprint density at radius 2 is 0.859 bits per heavy atom. The molecule has 4 saturated carbocycles. The predicted octanol–water partition coefficient (Wildman–Crippen LogP) is 17.5. The van der Waals surface area contributed by atoms with Gasteiger partial charge in [-0.05, 0) is 171 Å². The van der Waals surface area contributed by atoms with Crippen LogP contribution >= 0.6 is 0 Å². The second-order valence-electron chi connectivity index (χ2n) is 21.6. The fourth-order valence-corrected chi connectivity index (χ4v) is 16.1. The number of hydrogen-bond acceptors (Lipinski definition) is 1. The summed E-state index contributed by atoms with van der Waals surface area (Å²) in [5.74, 6) is 3.02. The van der Waals surface area contributed by atoms with Crippen LogP contribution in [0.1, 0.15) is 65.5 Å². The van der Waals surface area contributed by atoms with Gasteiger partial charge in [-0.25, -0.2) is 0 Å². The zero-order valence-electron chi connectivity index (χ0n) is 39.7.